The van der Waals surface area contributed by atoms with E-state index in [9.17, 15) is 14.0 Å². The van der Waals surface area contributed by atoms with Crippen molar-refractivity contribution in [3.63, 3.8) is 0 Å². The molecule has 0 aromatic heterocycles. The van der Waals surface area contributed by atoms with Gasteiger partial charge in [0.1, 0.15) is 5.82 Å². The van der Waals surface area contributed by atoms with Crippen LogP contribution in [-0.4, -0.2) is 35.8 Å². The number of carbonyl (C=O) groups is 2. The predicted molar refractivity (Wildman–Crippen MR) is 73.8 cm³/mol. The maximum absolute atomic E-state index is 13.8. The highest BCUT2D eigenvalue weighted by Gasteiger charge is 2.24. The van der Waals surface area contributed by atoms with Gasteiger partial charge in [0.15, 0.2) is 0 Å². The Morgan fingerprint density at radius 2 is 2.20 bits per heavy atom. The van der Waals surface area contributed by atoms with Gasteiger partial charge < -0.3 is 16.0 Å². The summed E-state index contributed by atoms with van der Waals surface area (Å²) in [5.74, 6) is -1.25. The summed E-state index contributed by atoms with van der Waals surface area (Å²) in [5, 5.41) is 2.54. The van der Waals surface area contributed by atoms with Crippen LogP contribution in [0.5, 0.6) is 0 Å². The molecule has 1 aliphatic heterocycles. The number of nitrogens with zero attached hydrogens (tertiary/aromatic N) is 1. The second-order valence-corrected chi connectivity index (χ2v) is 5.03. The predicted octanol–water partition coefficient (Wildman–Crippen LogP) is 1.35. The molecule has 1 fully saturated rings. The Hall–Kier alpha value is -1.95. The van der Waals surface area contributed by atoms with E-state index in [1.807, 2.05) is 0 Å². The molecule has 3 N–H and O–H groups in total. The third-order valence-electron chi connectivity index (χ3n) is 3.26. The van der Waals surface area contributed by atoms with Crippen molar-refractivity contribution in [1.29, 1.82) is 0 Å². The standard InChI is InChI=1S/C14H18FN3O2/c1-9(19)17-11-4-5-13(15)12(7-11)14(20)18-6-2-3-10(16)8-18/h4-5,7,10H,2-3,6,8,16H2,1H3,(H,17,19). The Bertz CT molecular complexity index is 533. The second-order valence-electron chi connectivity index (χ2n) is 5.03. The van der Waals surface area contributed by atoms with Crippen LogP contribution in [0.15, 0.2) is 18.2 Å². The van der Waals surface area contributed by atoms with Gasteiger partial charge in [0.2, 0.25) is 5.91 Å². The van der Waals surface area contributed by atoms with E-state index >= 15 is 0 Å². The van der Waals surface area contributed by atoms with Crippen molar-refractivity contribution in [3.05, 3.63) is 29.6 Å². The number of hydrogen-bond acceptors (Lipinski definition) is 3. The van der Waals surface area contributed by atoms with Crippen molar-refractivity contribution in [2.45, 2.75) is 25.8 Å². The lowest BCUT2D eigenvalue weighted by molar-refractivity contribution is -0.114. The SMILES string of the molecule is CC(=O)Nc1ccc(F)c(C(=O)N2CCCC(N)C2)c1. The largest absolute Gasteiger partial charge is 0.337 e. The van der Waals surface area contributed by atoms with Gasteiger partial charge in [-0.2, -0.15) is 0 Å². The Morgan fingerprint density at radius 1 is 1.45 bits per heavy atom. The molecule has 0 saturated carbocycles. The molecule has 20 heavy (non-hydrogen) atoms. The monoisotopic (exact) mass is 279 g/mol. The molecule has 1 heterocycles. The highest BCUT2D eigenvalue weighted by Crippen LogP contribution is 2.19. The van der Waals surface area contributed by atoms with Crippen LogP contribution in [0.25, 0.3) is 0 Å². The highest BCUT2D eigenvalue weighted by molar-refractivity contribution is 5.97. The van der Waals surface area contributed by atoms with Gasteiger partial charge in [-0.3, -0.25) is 9.59 Å². The smallest absolute Gasteiger partial charge is 0.256 e. The van der Waals surface area contributed by atoms with Crippen molar-refractivity contribution >= 4 is 17.5 Å². The van der Waals surface area contributed by atoms with Crippen molar-refractivity contribution in [3.8, 4) is 0 Å². The summed E-state index contributed by atoms with van der Waals surface area (Å²) in [6.07, 6.45) is 1.69. The van der Waals surface area contributed by atoms with Gasteiger partial charge in [0, 0.05) is 31.7 Å². The molecule has 1 unspecified atom stereocenters. The quantitative estimate of drug-likeness (QED) is 0.858. The second kappa shape index (κ2) is 6.00. The number of carbonyl (C=O) groups excluding carboxylic acids is 2. The number of halogens is 1. The van der Waals surface area contributed by atoms with E-state index in [0.29, 0.717) is 18.8 Å². The minimum absolute atomic E-state index is 0.0367. The first kappa shape index (κ1) is 14.5. The van der Waals surface area contributed by atoms with Crippen LogP contribution in [-0.2, 0) is 4.79 Å². The van der Waals surface area contributed by atoms with Gasteiger partial charge in [0.25, 0.3) is 5.91 Å². The molecule has 0 aliphatic carbocycles. The van der Waals surface area contributed by atoms with Crippen molar-refractivity contribution in [1.82, 2.24) is 4.90 Å². The number of rotatable bonds is 2. The maximum Gasteiger partial charge on any atom is 0.256 e. The van der Waals surface area contributed by atoms with Gasteiger partial charge in [0.05, 0.1) is 5.56 Å². The maximum atomic E-state index is 13.8. The Balaban J connectivity index is 2.21. The van der Waals surface area contributed by atoms with E-state index in [4.69, 9.17) is 5.73 Å². The van der Waals surface area contributed by atoms with Crippen LogP contribution < -0.4 is 11.1 Å². The van der Waals surface area contributed by atoms with E-state index in [-0.39, 0.29) is 23.4 Å². The summed E-state index contributed by atoms with van der Waals surface area (Å²) < 4.78 is 13.8. The fourth-order valence-electron chi connectivity index (χ4n) is 2.33. The van der Waals surface area contributed by atoms with Crippen LogP contribution in [0.3, 0.4) is 0 Å². The van der Waals surface area contributed by atoms with E-state index in [1.165, 1.54) is 25.1 Å². The normalized spacial score (nSPS) is 18.8. The average molecular weight is 279 g/mol. The summed E-state index contributed by atoms with van der Waals surface area (Å²) in [5.41, 5.74) is 6.20. The molecule has 108 valence electrons. The molecule has 2 amide bonds. The number of piperidine rings is 1. The summed E-state index contributed by atoms with van der Waals surface area (Å²) in [6.45, 7) is 2.37. The van der Waals surface area contributed by atoms with Crippen molar-refractivity contribution in [2.24, 2.45) is 5.73 Å². The van der Waals surface area contributed by atoms with Crippen LogP contribution in [0.1, 0.15) is 30.1 Å². The van der Waals surface area contributed by atoms with Gasteiger partial charge in [-0.15, -0.1) is 0 Å². The van der Waals surface area contributed by atoms with Crippen LogP contribution >= 0.6 is 0 Å². The molecule has 2 rings (SSSR count). The molecule has 0 spiro atoms. The van der Waals surface area contributed by atoms with Gasteiger partial charge in [-0.05, 0) is 31.0 Å². The third kappa shape index (κ3) is 3.33. The zero-order valence-corrected chi connectivity index (χ0v) is 11.4. The lowest BCUT2D eigenvalue weighted by atomic mass is 10.0. The number of likely N-dealkylation sites (tertiary alicyclic amines) is 1. The Labute approximate surface area is 116 Å². The molecule has 6 heteroatoms. The number of hydrogen-bond donors (Lipinski definition) is 2. The van der Waals surface area contributed by atoms with Crippen LogP contribution in [0, 0.1) is 5.82 Å². The number of nitrogens with one attached hydrogen (secondary N) is 1. The first-order valence-electron chi connectivity index (χ1n) is 6.59. The zero-order valence-electron chi connectivity index (χ0n) is 11.4. The Morgan fingerprint density at radius 3 is 2.85 bits per heavy atom. The minimum Gasteiger partial charge on any atom is -0.337 e. The van der Waals surface area contributed by atoms with Crippen molar-refractivity contribution < 1.29 is 14.0 Å². The van der Waals surface area contributed by atoms with Crippen LogP contribution in [0.2, 0.25) is 0 Å². The summed E-state index contributed by atoms with van der Waals surface area (Å²) >= 11 is 0. The third-order valence-corrected chi connectivity index (χ3v) is 3.26. The van der Waals surface area contributed by atoms with Gasteiger partial charge in [-0.1, -0.05) is 0 Å². The molecule has 1 aromatic rings. The highest BCUT2D eigenvalue weighted by atomic mass is 19.1. The molecule has 1 saturated heterocycles. The summed E-state index contributed by atoms with van der Waals surface area (Å²) in [6, 6.07) is 3.91. The van der Waals surface area contributed by atoms with Crippen LogP contribution in [0.4, 0.5) is 10.1 Å². The summed E-state index contributed by atoms with van der Waals surface area (Å²) in [4.78, 5) is 24.9. The van der Waals surface area contributed by atoms with E-state index in [2.05, 4.69) is 5.32 Å². The molecule has 1 aliphatic rings. The lowest BCUT2D eigenvalue weighted by Crippen LogP contribution is -2.45. The fraction of sp³-hybridized carbons (Fsp3) is 0.429. The number of nitrogens with two attached hydrogens (primary N) is 1. The first-order chi connectivity index (χ1) is 9.47. The molecular weight excluding hydrogens is 261 g/mol. The molecule has 1 aromatic carbocycles. The first-order valence-corrected chi connectivity index (χ1v) is 6.59. The lowest BCUT2D eigenvalue weighted by Gasteiger charge is -2.31. The van der Waals surface area contributed by atoms with E-state index in [1.54, 1.807) is 4.90 Å². The van der Waals surface area contributed by atoms with Crippen molar-refractivity contribution in [2.75, 3.05) is 18.4 Å². The number of amides is 2. The molecule has 1 atom stereocenters. The molecule has 5 nitrogen and oxygen atoms in total. The molecular formula is C14H18FN3O2. The van der Waals surface area contributed by atoms with E-state index < -0.39 is 5.82 Å². The number of anilines is 1. The average Bonchev–Trinajstić information content (AvgIpc) is 2.39. The zero-order chi connectivity index (χ0) is 14.7. The van der Waals surface area contributed by atoms with Gasteiger partial charge in [-0.25, -0.2) is 4.39 Å². The Kier molecular flexibility index (Phi) is 4.34. The molecule has 0 radical (unpaired) electrons. The van der Waals surface area contributed by atoms with E-state index in [0.717, 1.165) is 12.8 Å². The summed E-state index contributed by atoms with van der Waals surface area (Å²) in [7, 11) is 0. The minimum atomic E-state index is -0.594. The number of benzene rings is 1. The fourth-order valence-corrected chi connectivity index (χ4v) is 2.33. The molecule has 0 bridgehead atoms. The topological polar surface area (TPSA) is 75.4 Å². The van der Waals surface area contributed by atoms with Gasteiger partial charge >= 0.3 is 0 Å².